The first-order chi connectivity index (χ1) is 12.9. The van der Waals surface area contributed by atoms with Crippen LogP contribution in [0.1, 0.15) is 50.5 Å². The molecule has 0 fully saturated rings. The van der Waals surface area contributed by atoms with Crippen molar-refractivity contribution in [1.82, 2.24) is 16.0 Å². The molecule has 0 bridgehead atoms. The van der Waals surface area contributed by atoms with Gasteiger partial charge >= 0.3 is 12.0 Å². The molecule has 0 aliphatic carbocycles. The van der Waals surface area contributed by atoms with E-state index in [9.17, 15) is 19.2 Å². The van der Waals surface area contributed by atoms with Crippen LogP contribution in [0.3, 0.4) is 0 Å². The molecule has 1 aromatic rings. The number of ether oxygens (including phenoxy) is 1. The largest absolute Gasteiger partial charge is 0.454 e. The van der Waals surface area contributed by atoms with Gasteiger partial charge in [0.15, 0.2) is 6.61 Å². The summed E-state index contributed by atoms with van der Waals surface area (Å²) in [4.78, 5) is 48.2. The number of imide groups is 1. The number of esters is 1. The molecule has 0 aromatic heterocycles. The molecule has 8 nitrogen and oxygen atoms in total. The molecule has 28 heavy (non-hydrogen) atoms. The number of benzene rings is 1. The van der Waals surface area contributed by atoms with Gasteiger partial charge in [-0.1, -0.05) is 32.0 Å². The second-order valence-corrected chi connectivity index (χ2v) is 7.87. The highest BCUT2D eigenvalue weighted by atomic mass is 16.5. The quantitative estimate of drug-likeness (QED) is 0.641. The third-order valence-corrected chi connectivity index (χ3v) is 3.68. The zero-order valence-electron chi connectivity index (χ0n) is 17.2. The molecule has 0 saturated carbocycles. The van der Waals surface area contributed by atoms with Gasteiger partial charge in [-0.05, 0) is 45.2 Å². The molecule has 0 saturated heterocycles. The third-order valence-electron chi connectivity index (χ3n) is 3.68. The van der Waals surface area contributed by atoms with E-state index in [1.165, 1.54) is 0 Å². The number of carbonyl (C=O) groups excluding carboxylic acids is 4. The van der Waals surface area contributed by atoms with Crippen molar-refractivity contribution in [3.8, 4) is 0 Å². The monoisotopic (exact) mass is 391 g/mol. The van der Waals surface area contributed by atoms with Crippen molar-refractivity contribution in [2.75, 3.05) is 6.61 Å². The van der Waals surface area contributed by atoms with E-state index in [1.807, 2.05) is 6.07 Å². The van der Waals surface area contributed by atoms with Crippen molar-refractivity contribution in [1.29, 1.82) is 0 Å². The van der Waals surface area contributed by atoms with E-state index in [2.05, 4.69) is 16.0 Å². The zero-order valence-corrected chi connectivity index (χ0v) is 17.2. The van der Waals surface area contributed by atoms with Crippen LogP contribution in [-0.2, 0) is 14.3 Å². The second kappa shape index (κ2) is 9.87. The van der Waals surface area contributed by atoms with Gasteiger partial charge in [0, 0.05) is 11.1 Å². The van der Waals surface area contributed by atoms with Crippen LogP contribution in [0, 0.1) is 12.8 Å². The minimum atomic E-state index is -0.927. The lowest BCUT2D eigenvalue weighted by atomic mass is 10.0. The predicted molar refractivity (Wildman–Crippen MR) is 105 cm³/mol. The molecule has 1 rings (SSSR count). The molecule has 0 unspecified atom stereocenters. The lowest BCUT2D eigenvalue weighted by Gasteiger charge is -2.22. The Morgan fingerprint density at radius 2 is 1.68 bits per heavy atom. The van der Waals surface area contributed by atoms with Crippen molar-refractivity contribution < 1.29 is 23.9 Å². The fourth-order valence-electron chi connectivity index (χ4n) is 2.31. The predicted octanol–water partition coefficient (Wildman–Crippen LogP) is 1.92. The van der Waals surface area contributed by atoms with E-state index in [1.54, 1.807) is 59.7 Å². The van der Waals surface area contributed by atoms with Gasteiger partial charge in [0.2, 0.25) is 0 Å². The number of hydrogen-bond acceptors (Lipinski definition) is 5. The molecule has 8 heteroatoms. The van der Waals surface area contributed by atoms with Crippen LogP contribution in [0.5, 0.6) is 0 Å². The molecule has 0 heterocycles. The van der Waals surface area contributed by atoms with Gasteiger partial charge in [-0.15, -0.1) is 0 Å². The van der Waals surface area contributed by atoms with Crippen LogP contribution in [0.4, 0.5) is 4.79 Å². The van der Waals surface area contributed by atoms with Gasteiger partial charge < -0.3 is 15.4 Å². The molecule has 4 amide bonds. The Balaban J connectivity index is 2.63. The zero-order chi connectivity index (χ0) is 21.5. The molecule has 3 N–H and O–H groups in total. The van der Waals surface area contributed by atoms with Gasteiger partial charge in [-0.3, -0.25) is 14.9 Å². The summed E-state index contributed by atoms with van der Waals surface area (Å²) in [6, 6.07) is 5.40. The van der Waals surface area contributed by atoms with Gasteiger partial charge in [0.05, 0.1) is 0 Å². The Bertz CT molecular complexity index is 738. The van der Waals surface area contributed by atoms with E-state index < -0.39 is 42.0 Å². The maximum Gasteiger partial charge on any atom is 0.329 e. The van der Waals surface area contributed by atoms with Crippen molar-refractivity contribution >= 4 is 23.8 Å². The molecule has 1 aromatic carbocycles. The lowest BCUT2D eigenvalue weighted by molar-refractivity contribution is -0.151. The molecule has 0 aliphatic rings. The smallest absolute Gasteiger partial charge is 0.329 e. The molecule has 0 aliphatic heterocycles. The van der Waals surface area contributed by atoms with Gasteiger partial charge in [-0.2, -0.15) is 0 Å². The minimum absolute atomic E-state index is 0.257. The fraction of sp³-hybridized carbons (Fsp3) is 0.500. The number of aryl methyl sites for hydroxylation is 1. The average molecular weight is 391 g/mol. The topological polar surface area (TPSA) is 114 Å². The molecule has 1 atom stereocenters. The summed E-state index contributed by atoms with van der Waals surface area (Å²) in [6.07, 6.45) is 0. The highest BCUT2D eigenvalue weighted by Gasteiger charge is 2.27. The maximum absolute atomic E-state index is 12.5. The summed E-state index contributed by atoms with van der Waals surface area (Å²) in [6.45, 7) is 9.97. The van der Waals surface area contributed by atoms with Crippen molar-refractivity contribution in [2.24, 2.45) is 5.92 Å². The molecule has 0 spiro atoms. The van der Waals surface area contributed by atoms with Crippen molar-refractivity contribution in [3.63, 3.8) is 0 Å². The first-order valence-corrected chi connectivity index (χ1v) is 9.06. The summed E-state index contributed by atoms with van der Waals surface area (Å²) in [7, 11) is 0. The van der Waals surface area contributed by atoms with E-state index in [4.69, 9.17) is 4.74 Å². The highest BCUT2D eigenvalue weighted by molar-refractivity contribution is 5.99. The first-order valence-electron chi connectivity index (χ1n) is 9.06. The van der Waals surface area contributed by atoms with Crippen LogP contribution in [0.25, 0.3) is 0 Å². The summed E-state index contributed by atoms with van der Waals surface area (Å²) in [5.41, 5.74) is 0.724. The van der Waals surface area contributed by atoms with Crippen LogP contribution in [0.15, 0.2) is 24.3 Å². The number of rotatable bonds is 6. The Morgan fingerprint density at radius 1 is 1.07 bits per heavy atom. The average Bonchev–Trinajstić information content (AvgIpc) is 2.55. The highest BCUT2D eigenvalue weighted by Crippen LogP contribution is 2.10. The molecular weight excluding hydrogens is 362 g/mol. The number of hydrogen-bond donors (Lipinski definition) is 3. The Hall–Kier alpha value is -2.90. The summed E-state index contributed by atoms with van der Waals surface area (Å²) in [5, 5.41) is 7.28. The number of urea groups is 1. The third kappa shape index (κ3) is 7.77. The molecular formula is C20H29N3O5. The van der Waals surface area contributed by atoms with E-state index in [-0.39, 0.29) is 5.92 Å². The fourth-order valence-corrected chi connectivity index (χ4v) is 2.31. The normalized spacial score (nSPS) is 12.1. The first kappa shape index (κ1) is 23.1. The van der Waals surface area contributed by atoms with Crippen LogP contribution in [0.2, 0.25) is 0 Å². The summed E-state index contributed by atoms with van der Waals surface area (Å²) in [5.74, 6) is -2.17. The maximum atomic E-state index is 12.5. The van der Waals surface area contributed by atoms with E-state index in [0.717, 1.165) is 5.56 Å². The SMILES string of the molecule is Cc1ccccc1C(=O)N[C@H](C(=O)OCC(=O)NC(=O)NC(C)(C)C)C(C)C. The summed E-state index contributed by atoms with van der Waals surface area (Å²) >= 11 is 0. The van der Waals surface area contributed by atoms with Crippen molar-refractivity contribution in [2.45, 2.75) is 53.1 Å². The van der Waals surface area contributed by atoms with Gasteiger partial charge in [-0.25, -0.2) is 9.59 Å². The van der Waals surface area contributed by atoms with E-state index >= 15 is 0 Å². The number of amides is 4. The van der Waals surface area contributed by atoms with E-state index in [0.29, 0.717) is 5.56 Å². The van der Waals surface area contributed by atoms with Gasteiger partial charge in [0.1, 0.15) is 6.04 Å². The van der Waals surface area contributed by atoms with Crippen LogP contribution in [-0.4, -0.2) is 42.0 Å². The van der Waals surface area contributed by atoms with Crippen molar-refractivity contribution in [3.05, 3.63) is 35.4 Å². The van der Waals surface area contributed by atoms with Gasteiger partial charge in [0.25, 0.3) is 11.8 Å². The number of carbonyl (C=O) groups is 4. The Kier molecular flexibility index (Phi) is 8.16. The Morgan fingerprint density at radius 3 is 2.21 bits per heavy atom. The summed E-state index contributed by atoms with van der Waals surface area (Å²) < 4.78 is 4.98. The molecule has 154 valence electrons. The number of nitrogens with one attached hydrogen (secondary N) is 3. The minimum Gasteiger partial charge on any atom is -0.454 e. The Labute approximate surface area is 165 Å². The van der Waals surface area contributed by atoms with Crippen LogP contribution >= 0.6 is 0 Å². The van der Waals surface area contributed by atoms with Crippen LogP contribution < -0.4 is 16.0 Å². The molecule has 0 radical (unpaired) electrons. The second-order valence-electron chi connectivity index (χ2n) is 7.87. The lowest BCUT2D eigenvalue weighted by Crippen LogP contribution is -2.50. The standard InChI is InChI=1S/C20H29N3O5/c1-12(2)16(22-17(25)14-10-8-7-9-13(14)3)18(26)28-11-15(24)21-19(27)23-20(4,5)6/h7-10,12,16H,11H2,1-6H3,(H,22,25)(H2,21,23,24,27)/t16-/m0/s1.